The van der Waals surface area contributed by atoms with Gasteiger partial charge < -0.3 is 15.5 Å². The third-order valence-corrected chi connectivity index (χ3v) is 5.41. The minimum Gasteiger partial charge on any atom is -0.365 e. The van der Waals surface area contributed by atoms with Gasteiger partial charge in [-0.05, 0) is 43.2 Å². The van der Waals surface area contributed by atoms with Gasteiger partial charge in [-0.3, -0.25) is 4.99 Å². The Morgan fingerprint density at radius 3 is 2.61 bits per heavy atom. The molecule has 8 heteroatoms. The molecule has 1 fully saturated rings. The molecule has 2 aromatic carbocycles. The average molecular weight is 424 g/mol. The second-order valence-electron chi connectivity index (χ2n) is 7.60. The second kappa shape index (κ2) is 9.16. The molecule has 162 valence electrons. The van der Waals surface area contributed by atoms with Gasteiger partial charge in [-0.1, -0.05) is 24.3 Å². The third-order valence-electron chi connectivity index (χ3n) is 5.41. The van der Waals surface area contributed by atoms with Crippen LogP contribution in [0.1, 0.15) is 17.7 Å². The molecule has 0 amide bonds. The van der Waals surface area contributed by atoms with Crippen molar-refractivity contribution in [3.05, 3.63) is 77.6 Å². The molecule has 1 aliphatic rings. The largest absolute Gasteiger partial charge is 0.365 e. The first-order chi connectivity index (χ1) is 15.0. The first-order valence-electron chi connectivity index (χ1n) is 10.3. The van der Waals surface area contributed by atoms with Crippen molar-refractivity contribution in [2.45, 2.75) is 25.9 Å². The molecule has 0 radical (unpaired) electrons. The summed E-state index contributed by atoms with van der Waals surface area (Å²) in [5, 5.41) is 11.2. The molecule has 1 atom stereocenters. The van der Waals surface area contributed by atoms with Gasteiger partial charge in [0.15, 0.2) is 5.96 Å². The number of benzene rings is 2. The first kappa shape index (κ1) is 20.8. The number of hydrogen-bond donors (Lipinski definition) is 2. The van der Waals surface area contributed by atoms with Crippen LogP contribution in [0.2, 0.25) is 0 Å². The third kappa shape index (κ3) is 4.68. The van der Waals surface area contributed by atoms with Crippen LogP contribution in [0.3, 0.4) is 0 Å². The van der Waals surface area contributed by atoms with Gasteiger partial charge in [0.25, 0.3) is 0 Å². The lowest BCUT2D eigenvalue weighted by Gasteiger charge is -2.21. The number of aryl methyl sites for hydroxylation is 1. The molecule has 2 N–H and O–H groups in total. The van der Waals surface area contributed by atoms with E-state index in [1.807, 2.05) is 48.1 Å². The second-order valence-corrected chi connectivity index (χ2v) is 7.60. The van der Waals surface area contributed by atoms with E-state index >= 15 is 0 Å². The fourth-order valence-electron chi connectivity index (χ4n) is 3.87. The Bertz CT molecular complexity index is 1060. The molecular formula is C23H26F2N6. The van der Waals surface area contributed by atoms with Gasteiger partial charge in [0.2, 0.25) is 0 Å². The molecule has 4 rings (SSSR count). The summed E-state index contributed by atoms with van der Waals surface area (Å²) in [6.45, 7) is 3.60. The highest BCUT2D eigenvalue weighted by Crippen LogP contribution is 2.26. The van der Waals surface area contributed by atoms with Crippen LogP contribution in [-0.2, 0) is 6.54 Å². The van der Waals surface area contributed by atoms with Crippen molar-refractivity contribution >= 4 is 11.6 Å². The number of rotatable bonds is 5. The number of anilines is 1. The maximum atomic E-state index is 14.1. The van der Waals surface area contributed by atoms with E-state index < -0.39 is 11.6 Å². The summed E-state index contributed by atoms with van der Waals surface area (Å²) in [6.07, 6.45) is 2.70. The maximum absolute atomic E-state index is 14.1. The van der Waals surface area contributed by atoms with E-state index in [9.17, 15) is 8.78 Å². The maximum Gasteiger partial charge on any atom is 0.191 e. The number of halogens is 2. The smallest absolute Gasteiger partial charge is 0.191 e. The van der Waals surface area contributed by atoms with Crippen LogP contribution in [0.4, 0.5) is 14.5 Å². The van der Waals surface area contributed by atoms with Crippen LogP contribution in [0.25, 0.3) is 5.69 Å². The Morgan fingerprint density at radius 1 is 1.13 bits per heavy atom. The van der Waals surface area contributed by atoms with Gasteiger partial charge in [-0.15, -0.1) is 0 Å². The highest BCUT2D eigenvalue weighted by Gasteiger charge is 2.27. The van der Waals surface area contributed by atoms with Crippen molar-refractivity contribution in [2.75, 3.05) is 25.0 Å². The molecular weight excluding hydrogens is 398 g/mol. The zero-order valence-electron chi connectivity index (χ0n) is 17.6. The molecule has 0 aliphatic carbocycles. The van der Waals surface area contributed by atoms with Gasteiger partial charge >= 0.3 is 0 Å². The van der Waals surface area contributed by atoms with Gasteiger partial charge in [0, 0.05) is 38.9 Å². The number of nitrogens with one attached hydrogen (secondary N) is 2. The fourth-order valence-corrected chi connectivity index (χ4v) is 3.87. The highest BCUT2D eigenvalue weighted by atomic mass is 19.1. The zero-order valence-corrected chi connectivity index (χ0v) is 17.6. The average Bonchev–Trinajstić information content (AvgIpc) is 3.40. The molecule has 1 aliphatic heterocycles. The summed E-state index contributed by atoms with van der Waals surface area (Å²) in [6, 6.07) is 14.0. The summed E-state index contributed by atoms with van der Waals surface area (Å²) in [4.78, 5) is 6.05. The molecule has 0 saturated carbocycles. The van der Waals surface area contributed by atoms with Gasteiger partial charge in [-0.2, -0.15) is 5.10 Å². The van der Waals surface area contributed by atoms with E-state index in [-0.39, 0.29) is 11.7 Å². The molecule has 1 saturated heterocycles. The minimum atomic E-state index is -0.534. The molecule has 31 heavy (non-hydrogen) atoms. The van der Waals surface area contributed by atoms with Gasteiger partial charge in [0.1, 0.15) is 17.3 Å². The molecule has 1 aromatic heterocycles. The predicted molar refractivity (Wildman–Crippen MR) is 119 cm³/mol. The van der Waals surface area contributed by atoms with E-state index in [1.165, 1.54) is 18.2 Å². The van der Waals surface area contributed by atoms with Crippen molar-refractivity contribution in [1.82, 2.24) is 20.4 Å². The lowest BCUT2D eigenvalue weighted by atomic mass is 10.2. The molecule has 2 heterocycles. The quantitative estimate of drug-likeness (QED) is 0.487. The number of nitrogens with zero attached hydrogens (tertiary/aromatic N) is 4. The number of guanidine groups is 1. The van der Waals surface area contributed by atoms with Crippen molar-refractivity contribution in [2.24, 2.45) is 4.99 Å². The van der Waals surface area contributed by atoms with Crippen LogP contribution >= 0.6 is 0 Å². The first-order valence-corrected chi connectivity index (χ1v) is 10.3. The number of aromatic nitrogens is 2. The normalized spacial score (nSPS) is 16.6. The monoisotopic (exact) mass is 424 g/mol. The molecule has 0 bridgehead atoms. The molecule has 3 aromatic rings. The Kier molecular flexibility index (Phi) is 6.16. The predicted octanol–water partition coefficient (Wildman–Crippen LogP) is 3.40. The zero-order chi connectivity index (χ0) is 21.8. The summed E-state index contributed by atoms with van der Waals surface area (Å²) in [5.74, 6) is -0.422. The topological polar surface area (TPSA) is 57.5 Å². The Morgan fingerprint density at radius 2 is 1.90 bits per heavy atom. The number of para-hydroxylation sites is 2. The van der Waals surface area contributed by atoms with E-state index in [0.717, 1.165) is 23.4 Å². The standard InChI is InChI=1S/C23H26F2N6/c1-16-10-13-31(29-16)21-9-4-3-6-17(21)14-27-23(26-2)28-18-11-12-30(15-18)22-19(24)7-5-8-20(22)25/h3-10,13,18H,11-12,14-15H2,1-2H3,(H2,26,27,28). The molecule has 1 unspecified atom stereocenters. The Balaban J connectivity index is 1.39. The van der Waals surface area contributed by atoms with Crippen molar-refractivity contribution < 1.29 is 8.78 Å². The SMILES string of the molecule is CN=C(NCc1ccccc1-n1ccc(C)n1)NC1CCN(c2c(F)cccc2F)C1. The number of hydrogen-bond acceptors (Lipinski definition) is 3. The van der Waals surface area contributed by atoms with Crippen LogP contribution in [0.5, 0.6) is 0 Å². The van der Waals surface area contributed by atoms with Crippen LogP contribution < -0.4 is 15.5 Å². The summed E-state index contributed by atoms with van der Waals surface area (Å²) in [5.41, 5.74) is 3.08. The van der Waals surface area contributed by atoms with E-state index in [4.69, 9.17) is 0 Å². The van der Waals surface area contributed by atoms with E-state index in [2.05, 4.69) is 20.7 Å². The van der Waals surface area contributed by atoms with Crippen LogP contribution in [0, 0.1) is 18.6 Å². The summed E-state index contributed by atoms with van der Waals surface area (Å²) in [7, 11) is 1.71. The van der Waals surface area contributed by atoms with Crippen LogP contribution in [-0.4, -0.2) is 41.9 Å². The summed E-state index contributed by atoms with van der Waals surface area (Å²) < 4.78 is 30.1. The minimum absolute atomic E-state index is 0.0363. The Hall–Kier alpha value is -3.42. The lowest BCUT2D eigenvalue weighted by Crippen LogP contribution is -2.44. The highest BCUT2D eigenvalue weighted by molar-refractivity contribution is 5.80. The van der Waals surface area contributed by atoms with Crippen molar-refractivity contribution in [1.29, 1.82) is 0 Å². The summed E-state index contributed by atoms with van der Waals surface area (Å²) >= 11 is 0. The van der Waals surface area contributed by atoms with E-state index in [0.29, 0.717) is 25.6 Å². The van der Waals surface area contributed by atoms with Crippen molar-refractivity contribution in [3.8, 4) is 5.69 Å². The fraction of sp³-hybridized carbons (Fsp3) is 0.304. The number of aliphatic imine (C=N–C) groups is 1. The lowest BCUT2D eigenvalue weighted by molar-refractivity contribution is 0.576. The Labute approximate surface area is 180 Å². The molecule has 0 spiro atoms. The van der Waals surface area contributed by atoms with Gasteiger partial charge in [0.05, 0.1) is 11.4 Å². The molecule has 6 nitrogen and oxygen atoms in total. The van der Waals surface area contributed by atoms with Gasteiger partial charge in [-0.25, -0.2) is 13.5 Å². The van der Waals surface area contributed by atoms with Crippen molar-refractivity contribution in [3.63, 3.8) is 0 Å². The van der Waals surface area contributed by atoms with E-state index in [1.54, 1.807) is 11.9 Å². The van der Waals surface area contributed by atoms with Crippen LogP contribution in [0.15, 0.2) is 59.7 Å².